The Kier molecular flexibility index (Phi) is 6.38. The SMILES string of the molecule is COc1ccc(Cl)cc1NC(=O)CSc1nnc(-c2ccc(I)cc2)o1. The van der Waals surface area contributed by atoms with Gasteiger partial charge in [-0.25, -0.2) is 0 Å². The fraction of sp³-hybridized carbons (Fsp3) is 0.118. The van der Waals surface area contributed by atoms with Gasteiger partial charge in [-0.1, -0.05) is 23.4 Å². The monoisotopic (exact) mass is 501 g/mol. The van der Waals surface area contributed by atoms with Crippen molar-refractivity contribution in [3.63, 3.8) is 0 Å². The highest BCUT2D eigenvalue weighted by atomic mass is 127. The molecule has 0 aliphatic heterocycles. The summed E-state index contributed by atoms with van der Waals surface area (Å²) in [5.41, 5.74) is 1.34. The second kappa shape index (κ2) is 8.74. The van der Waals surface area contributed by atoms with E-state index in [4.69, 9.17) is 20.8 Å². The number of benzene rings is 2. The van der Waals surface area contributed by atoms with Crippen LogP contribution in [0.2, 0.25) is 5.02 Å². The van der Waals surface area contributed by atoms with Gasteiger partial charge in [-0.2, -0.15) is 0 Å². The molecule has 0 saturated carbocycles. The second-order valence-corrected chi connectivity index (χ2v) is 7.67. The lowest BCUT2D eigenvalue weighted by Gasteiger charge is -2.09. The highest BCUT2D eigenvalue weighted by Gasteiger charge is 2.13. The molecule has 134 valence electrons. The summed E-state index contributed by atoms with van der Waals surface area (Å²) in [7, 11) is 1.53. The molecule has 0 fully saturated rings. The lowest BCUT2D eigenvalue weighted by Crippen LogP contribution is -2.14. The Bertz CT molecular complexity index is 918. The number of thioether (sulfide) groups is 1. The lowest BCUT2D eigenvalue weighted by atomic mass is 10.2. The van der Waals surface area contributed by atoms with Crippen LogP contribution in [0.25, 0.3) is 11.5 Å². The summed E-state index contributed by atoms with van der Waals surface area (Å²) in [6.07, 6.45) is 0. The molecule has 2 aromatic carbocycles. The van der Waals surface area contributed by atoms with Crippen LogP contribution in [0.4, 0.5) is 5.69 Å². The van der Waals surface area contributed by atoms with Gasteiger partial charge in [-0.05, 0) is 65.1 Å². The Morgan fingerprint density at radius 1 is 1.27 bits per heavy atom. The van der Waals surface area contributed by atoms with Crippen molar-refractivity contribution in [1.29, 1.82) is 0 Å². The van der Waals surface area contributed by atoms with E-state index in [1.807, 2.05) is 24.3 Å². The standard InChI is InChI=1S/C17H13ClIN3O3S/c1-24-14-7-4-11(18)8-13(14)20-15(23)9-26-17-22-21-16(25-17)10-2-5-12(19)6-3-10/h2-8H,9H2,1H3,(H,20,23). The molecule has 0 unspecified atom stereocenters. The first-order chi connectivity index (χ1) is 12.5. The van der Waals surface area contributed by atoms with Crippen LogP contribution in [0.1, 0.15) is 0 Å². The summed E-state index contributed by atoms with van der Waals surface area (Å²) in [5, 5.41) is 11.6. The van der Waals surface area contributed by atoms with Crippen molar-refractivity contribution < 1.29 is 13.9 Å². The summed E-state index contributed by atoms with van der Waals surface area (Å²) in [6.45, 7) is 0. The first kappa shape index (κ1) is 19.0. The molecule has 0 atom stereocenters. The van der Waals surface area contributed by atoms with Gasteiger partial charge in [0.25, 0.3) is 5.22 Å². The molecule has 6 nitrogen and oxygen atoms in total. The molecule has 1 amide bonds. The van der Waals surface area contributed by atoms with Crippen molar-refractivity contribution in [1.82, 2.24) is 10.2 Å². The normalized spacial score (nSPS) is 10.6. The molecule has 1 N–H and O–H groups in total. The van der Waals surface area contributed by atoms with E-state index in [0.29, 0.717) is 27.6 Å². The highest BCUT2D eigenvalue weighted by Crippen LogP contribution is 2.28. The molecule has 26 heavy (non-hydrogen) atoms. The fourth-order valence-electron chi connectivity index (χ4n) is 2.07. The minimum atomic E-state index is -0.232. The molecule has 0 radical (unpaired) electrons. The third kappa shape index (κ3) is 4.89. The average Bonchev–Trinajstić information content (AvgIpc) is 3.10. The molecule has 9 heteroatoms. The number of anilines is 1. The number of methoxy groups -OCH3 is 1. The number of carbonyl (C=O) groups excluding carboxylic acids is 1. The molecule has 3 rings (SSSR count). The van der Waals surface area contributed by atoms with E-state index in [1.54, 1.807) is 18.2 Å². The predicted molar refractivity (Wildman–Crippen MR) is 110 cm³/mol. The van der Waals surface area contributed by atoms with Crippen LogP contribution < -0.4 is 10.1 Å². The predicted octanol–water partition coefficient (Wildman–Crippen LogP) is 4.73. The van der Waals surface area contributed by atoms with Crippen molar-refractivity contribution in [3.05, 3.63) is 51.1 Å². The van der Waals surface area contributed by atoms with Gasteiger partial charge in [0.1, 0.15) is 5.75 Å². The Labute approximate surface area is 172 Å². The number of rotatable bonds is 6. The van der Waals surface area contributed by atoms with Gasteiger partial charge in [0, 0.05) is 14.2 Å². The van der Waals surface area contributed by atoms with E-state index in [0.717, 1.165) is 20.9 Å². The zero-order chi connectivity index (χ0) is 18.5. The summed E-state index contributed by atoms with van der Waals surface area (Å²) in [5.74, 6) is 0.834. The number of nitrogens with zero attached hydrogens (tertiary/aromatic N) is 2. The van der Waals surface area contributed by atoms with Crippen molar-refractivity contribution in [2.24, 2.45) is 0 Å². The van der Waals surface area contributed by atoms with E-state index in [9.17, 15) is 4.79 Å². The molecule has 0 bridgehead atoms. The van der Waals surface area contributed by atoms with Gasteiger partial charge in [-0.3, -0.25) is 4.79 Å². The zero-order valence-electron chi connectivity index (χ0n) is 13.5. The quantitative estimate of drug-likeness (QED) is 0.389. The molecular weight excluding hydrogens is 489 g/mol. The zero-order valence-corrected chi connectivity index (χ0v) is 17.3. The van der Waals surface area contributed by atoms with E-state index in [1.165, 1.54) is 7.11 Å². The molecule has 0 aliphatic rings. The van der Waals surface area contributed by atoms with E-state index >= 15 is 0 Å². The molecule has 0 aliphatic carbocycles. The molecule has 3 aromatic rings. The smallest absolute Gasteiger partial charge is 0.277 e. The topological polar surface area (TPSA) is 77.2 Å². The van der Waals surface area contributed by atoms with Crippen LogP contribution in [0.5, 0.6) is 5.75 Å². The van der Waals surface area contributed by atoms with Crippen LogP contribution in [-0.2, 0) is 4.79 Å². The van der Waals surface area contributed by atoms with Gasteiger partial charge >= 0.3 is 0 Å². The van der Waals surface area contributed by atoms with Crippen LogP contribution in [0.15, 0.2) is 52.1 Å². The van der Waals surface area contributed by atoms with Crippen molar-refractivity contribution in [3.8, 4) is 17.2 Å². The summed E-state index contributed by atoms with van der Waals surface area (Å²) >= 11 is 9.34. The highest BCUT2D eigenvalue weighted by molar-refractivity contribution is 14.1. The maximum atomic E-state index is 12.2. The molecule has 0 spiro atoms. The number of aromatic nitrogens is 2. The van der Waals surface area contributed by atoms with Crippen molar-refractivity contribution in [2.75, 3.05) is 18.2 Å². The van der Waals surface area contributed by atoms with Gasteiger partial charge < -0.3 is 14.5 Å². The van der Waals surface area contributed by atoms with E-state index < -0.39 is 0 Å². The van der Waals surface area contributed by atoms with Crippen LogP contribution in [0.3, 0.4) is 0 Å². The fourth-order valence-corrected chi connectivity index (χ4v) is 3.16. The van der Waals surface area contributed by atoms with Crippen LogP contribution in [-0.4, -0.2) is 29.0 Å². The number of halogens is 2. The van der Waals surface area contributed by atoms with Crippen molar-refractivity contribution in [2.45, 2.75) is 5.22 Å². The maximum absolute atomic E-state index is 12.2. The summed E-state index contributed by atoms with van der Waals surface area (Å²) in [4.78, 5) is 12.2. The average molecular weight is 502 g/mol. The van der Waals surface area contributed by atoms with Gasteiger partial charge in [0.15, 0.2) is 0 Å². The van der Waals surface area contributed by atoms with Crippen LogP contribution >= 0.6 is 46.0 Å². The Balaban J connectivity index is 1.60. The van der Waals surface area contributed by atoms with E-state index in [2.05, 4.69) is 38.1 Å². The Morgan fingerprint density at radius 2 is 2.04 bits per heavy atom. The number of hydrogen-bond donors (Lipinski definition) is 1. The minimum absolute atomic E-state index is 0.115. The maximum Gasteiger partial charge on any atom is 0.277 e. The summed E-state index contributed by atoms with van der Waals surface area (Å²) < 4.78 is 11.9. The molecule has 1 aromatic heterocycles. The van der Waals surface area contributed by atoms with Gasteiger partial charge in [0.05, 0.1) is 18.6 Å². The molecule has 1 heterocycles. The third-order valence-corrected chi connectivity index (χ3v) is 5.03. The first-order valence-electron chi connectivity index (χ1n) is 7.41. The molecular formula is C17H13ClIN3O3S. The van der Waals surface area contributed by atoms with Crippen LogP contribution in [0, 0.1) is 3.57 Å². The summed E-state index contributed by atoms with van der Waals surface area (Å²) in [6, 6.07) is 12.7. The number of amides is 1. The molecule has 0 saturated heterocycles. The number of nitrogens with one attached hydrogen (secondary N) is 1. The second-order valence-electron chi connectivity index (χ2n) is 5.06. The number of ether oxygens (including phenoxy) is 1. The third-order valence-electron chi connectivity index (χ3n) is 3.26. The Hall–Kier alpha value is -1.78. The van der Waals surface area contributed by atoms with Gasteiger partial charge in [-0.15, -0.1) is 10.2 Å². The Morgan fingerprint density at radius 3 is 2.77 bits per heavy atom. The van der Waals surface area contributed by atoms with Crippen molar-refractivity contribution >= 4 is 57.5 Å². The van der Waals surface area contributed by atoms with E-state index in [-0.39, 0.29) is 11.7 Å². The number of carbonyl (C=O) groups is 1. The number of hydrogen-bond acceptors (Lipinski definition) is 6. The minimum Gasteiger partial charge on any atom is -0.495 e. The first-order valence-corrected chi connectivity index (χ1v) is 9.85. The lowest BCUT2D eigenvalue weighted by molar-refractivity contribution is -0.113. The largest absolute Gasteiger partial charge is 0.495 e. The van der Waals surface area contributed by atoms with Gasteiger partial charge in [0.2, 0.25) is 11.8 Å².